The molecule has 22 heavy (non-hydrogen) atoms. The molecule has 3 aromatic rings. The summed E-state index contributed by atoms with van der Waals surface area (Å²) in [6.45, 7) is 3.06. The number of nitrogens with two attached hydrogens (primary N) is 1. The maximum atomic E-state index is 6.11. The van der Waals surface area contributed by atoms with Crippen LogP contribution in [0.25, 0.3) is 11.3 Å². The summed E-state index contributed by atoms with van der Waals surface area (Å²) in [6.07, 6.45) is 0. The molecule has 0 bridgehead atoms. The summed E-state index contributed by atoms with van der Waals surface area (Å²) < 4.78 is 1.87. The van der Waals surface area contributed by atoms with Crippen LogP contribution in [0.1, 0.15) is 16.8 Å². The third-order valence-corrected chi connectivity index (χ3v) is 3.78. The normalized spacial score (nSPS) is 10.9. The first-order valence-electron chi connectivity index (χ1n) is 7.11. The van der Waals surface area contributed by atoms with Crippen molar-refractivity contribution in [3.63, 3.8) is 0 Å². The van der Waals surface area contributed by atoms with E-state index in [1.807, 2.05) is 28.9 Å². The van der Waals surface area contributed by atoms with Crippen LogP contribution in [0, 0.1) is 6.92 Å². The average molecular weight is 313 g/mol. The standard InChI is InChI=1S/C17H17ClN4/c1-12-5-7-13(8-6-12)11-22-17(16(10-19)20-21-22)14-3-2-4-15(18)9-14/h2-9H,10-11,19H2,1H3. The second kappa shape index (κ2) is 6.30. The van der Waals surface area contributed by atoms with Crippen LogP contribution in [0.15, 0.2) is 48.5 Å². The maximum absolute atomic E-state index is 6.11. The van der Waals surface area contributed by atoms with Crippen molar-refractivity contribution in [2.45, 2.75) is 20.0 Å². The summed E-state index contributed by atoms with van der Waals surface area (Å²) in [4.78, 5) is 0. The van der Waals surface area contributed by atoms with E-state index in [1.54, 1.807) is 0 Å². The molecular formula is C17H17ClN4. The van der Waals surface area contributed by atoms with Gasteiger partial charge in [-0.1, -0.05) is 58.8 Å². The maximum Gasteiger partial charge on any atom is 0.104 e. The Morgan fingerprint density at radius 3 is 2.59 bits per heavy atom. The molecule has 0 saturated carbocycles. The van der Waals surface area contributed by atoms with E-state index in [-0.39, 0.29) is 0 Å². The Morgan fingerprint density at radius 1 is 1.14 bits per heavy atom. The fourth-order valence-corrected chi connectivity index (χ4v) is 2.61. The van der Waals surface area contributed by atoms with Crippen molar-refractivity contribution >= 4 is 11.6 Å². The molecule has 2 N–H and O–H groups in total. The van der Waals surface area contributed by atoms with E-state index in [2.05, 4.69) is 41.5 Å². The van der Waals surface area contributed by atoms with E-state index in [1.165, 1.54) is 11.1 Å². The lowest BCUT2D eigenvalue weighted by molar-refractivity contribution is 0.654. The summed E-state index contributed by atoms with van der Waals surface area (Å²) in [5.74, 6) is 0. The summed E-state index contributed by atoms with van der Waals surface area (Å²) in [6, 6.07) is 16.1. The Morgan fingerprint density at radius 2 is 1.91 bits per heavy atom. The van der Waals surface area contributed by atoms with Gasteiger partial charge in [-0.05, 0) is 24.6 Å². The molecule has 0 aliphatic heterocycles. The molecule has 0 spiro atoms. The minimum atomic E-state index is 0.343. The number of benzene rings is 2. The van der Waals surface area contributed by atoms with E-state index in [4.69, 9.17) is 17.3 Å². The zero-order chi connectivity index (χ0) is 15.5. The van der Waals surface area contributed by atoms with Crippen LogP contribution < -0.4 is 5.73 Å². The van der Waals surface area contributed by atoms with Gasteiger partial charge in [0.1, 0.15) is 5.69 Å². The lowest BCUT2D eigenvalue weighted by Gasteiger charge is -2.09. The first-order chi connectivity index (χ1) is 10.7. The quantitative estimate of drug-likeness (QED) is 0.803. The van der Waals surface area contributed by atoms with Crippen LogP contribution >= 0.6 is 11.6 Å². The summed E-state index contributed by atoms with van der Waals surface area (Å²) >= 11 is 6.11. The SMILES string of the molecule is Cc1ccc(Cn2nnc(CN)c2-c2cccc(Cl)c2)cc1. The van der Waals surface area contributed by atoms with Gasteiger partial charge < -0.3 is 5.73 Å². The third-order valence-electron chi connectivity index (χ3n) is 3.55. The Kier molecular flexibility index (Phi) is 4.22. The van der Waals surface area contributed by atoms with Crippen LogP contribution in [0.4, 0.5) is 0 Å². The molecule has 0 atom stereocenters. The number of aryl methyl sites for hydroxylation is 1. The number of rotatable bonds is 4. The highest BCUT2D eigenvalue weighted by atomic mass is 35.5. The number of hydrogen-bond donors (Lipinski definition) is 1. The number of nitrogens with zero attached hydrogens (tertiary/aromatic N) is 3. The van der Waals surface area contributed by atoms with Crippen molar-refractivity contribution in [1.82, 2.24) is 15.0 Å². The third kappa shape index (κ3) is 3.03. The smallest absolute Gasteiger partial charge is 0.104 e. The molecule has 1 heterocycles. The zero-order valence-electron chi connectivity index (χ0n) is 12.3. The van der Waals surface area contributed by atoms with Gasteiger partial charge in [-0.25, -0.2) is 4.68 Å². The van der Waals surface area contributed by atoms with Crippen molar-refractivity contribution in [3.8, 4) is 11.3 Å². The molecular weight excluding hydrogens is 296 g/mol. The molecule has 4 nitrogen and oxygen atoms in total. The van der Waals surface area contributed by atoms with Crippen molar-refractivity contribution in [2.24, 2.45) is 5.73 Å². The highest BCUT2D eigenvalue weighted by molar-refractivity contribution is 6.30. The van der Waals surface area contributed by atoms with Gasteiger partial charge in [-0.2, -0.15) is 0 Å². The zero-order valence-corrected chi connectivity index (χ0v) is 13.1. The topological polar surface area (TPSA) is 56.7 Å². The van der Waals surface area contributed by atoms with Gasteiger partial charge in [0.25, 0.3) is 0 Å². The second-order valence-corrected chi connectivity index (χ2v) is 5.68. The van der Waals surface area contributed by atoms with Crippen LogP contribution in [0.3, 0.4) is 0 Å². The van der Waals surface area contributed by atoms with Gasteiger partial charge in [0.15, 0.2) is 0 Å². The molecule has 0 fully saturated rings. The minimum Gasteiger partial charge on any atom is -0.325 e. The molecule has 0 aliphatic rings. The molecule has 1 aromatic heterocycles. The van der Waals surface area contributed by atoms with Gasteiger partial charge in [-0.3, -0.25) is 0 Å². The first kappa shape index (κ1) is 14.8. The second-order valence-electron chi connectivity index (χ2n) is 5.24. The van der Waals surface area contributed by atoms with Crippen LogP contribution in [-0.2, 0) is 13.1 Å². The molecule has 0 unspecified atom stereocenters. The predicted molar refractivity (Wildman–Crippen MR) is 88.6 cm³/mol. The Bertz CT molecular complexity index is 778. The Hall–Kier alpha value is -2.17. The first-order valence-corrected chi connectivity index (χ1v) is 7.49. The number of halogens is 1. The fourth-order valence-electron chi connectivity index (χ4n) is 2.42. The summed E-state index contributed by atoms with van der Waals surface area (Å²) in [5.41, 5.74) is 10.9. The number of aromatic nitrogens is 3. The van der Waals surface area contributed by atoms with Crippen LogP contribution in [0.5, 0.6) is 0 Å². The molecule has 2 aromatic carbocycles. The van der Waals surface area contributed by atoms with Crippen molar-refractivity contribution in [1.29, 1.82) is 0 Å². The fraction of sp³-hybridized carbons (Fsp3) is 0.176. The van der Waals surface area contributed by atoms with Crippen molar-refractivity contribution in [2.75, 3.05) is 0 Å². The minimum absolute atomic E-state index is 0.343. The van der Waals surface area contributed by atoms with Crippen molar-refractivity contribution in [3.05, 3.63) is 70.4 Å². The molecule has 0 aliphatic carbocycles. The molecule has 0 amide bonds. The van der Waals surface area contributed by atoms with E-state index in [9.17, 15) is 0 Å². The molecule has 0 saturated heterocycles. The van der Waals surface area contributed by atoms with E-state index in [0.29, 0.717) is 18.1 Å². The van der Waals surface area contributed by atoms with Crippen molar-refractivity contribution < 1.29 is 0 Å². The van der Waals surface area contributed by atoms with E-state index >= 15 is 0 Å². The van der Waals surface area contributed by atoms with Gasteiger partial charge >= 0.3 is 0 Å². The predicted octanol–water partition coefficient (Wildman–Crippen LogP) is 3.41. The number of hydrogen-bond acceptors (Lipinski definition) is 3. The lowest BCUT2D eigenvalue weighted by atomic mass is 10.1. The van der Waals surface area contributed by atoms with Crippen LogP contribution in [-0.4, -0.2) is 15.0 Å². The molecule has 5 heteroatoms. The van der Waals surface area contributed by atoms with Gasteiger partial charge in [0, 0.05) is 17.1 Å². The van der Waals surface area contributed by atoms with Gasteiger partial charge in [0.05, 0.1) is 12.2 Å². The molecule has 3 rings (SSSR count). The highest BCUT2D eigenvalue weighted by Crippen LogP contribution is 2.25. The highest BCUT2D eigenvalue weighted by Gasteiger charge is 2.14. The Balaban J connectivity index is 2.02. The van der Waals surface area contributed by atoms with Crippen LogP contribution in [0.2, 0.25) is 5.02 Å². The average Bonchev–Trinajstić information content (AvgIpc) is 2.92. The molecule has 0 radical (unpaired) electrons. The summed E-state index contributed by atoms with van der Waals surface area (Å²) in [7, 11) is 0. The molecule has 112 valence electrons. The largest absolute Gasteiger partial charge is 0.325 e. The van der Waals surface area contributed by atoms with E-state index < -0.39 is 0 Å². The lowest BCUT2D eigenvalue weighted by Crippen LogP contribution is -2.05. The monoisotopic (exact) mass is 312 g/mol. The van der Waals surface area contributed by atoms with E-state index in [0.717, 1.165) is 17.0 Å². The van der Waals surface area contributed by atoms with Gasteiger partial charge in [-0.15, -0.1) is 5.10 Å². The summed E-state index contributed by atoms with van der Waals surface area (Å²) in [5, 5.41) is 9.14. The Labute approximate surface area is 134 Å². The van der Waals surface area contributed by atoms with Gasteiger partial charge in [0.2, 0.25) is 0 Å².